The standard InChI is InChI=1S/C11H16O3/c1-4-5-10(7-6-9(2)12)8-11(13)14-3/h8-9,12H,4-5H2,1-3H3/b10-8+. The zero-order valence-electron chi connectivity index (χ0n) is 8.83. The minimum atomic E-state index is -0.673. The number of hydrogen-bond acceptors (Lipinski definition) is 3. The number of esters is 1. The highest BCUT2D eigenvalue weighted by Gasteiger charge is 1.98. The number of aliphatic hydroxyl groups is 1. The number of methoxy groups -OCH3 is 1. The first-order chi connectivity index (χ1) is 6.60. The molecule has 1 unspecified atom stereocenters. The van der Waals surface area contributed by atoms with Gasteiger partial charge in [-0.3, -0.25) is 0 Å². The fraction of sp³-hybridized carbons (Fsp3) is 0.545. The van der Waals surface area contributed by atoms with Gasteiger partial charge in [0.05, 0.1) is 7.11 Å². The van der Waals surface area contributed by atoms with Crippen LogP contribution < -0.4 is 0 Å². The molecule has 1 N–H and O–H groups in total. The lowest BCUT2D eigenvalue weighted by Crippen LogP contribution is -1.98. The first-order valence-corrected chi connectivity index (χ1v) is 4.58. The third kappa shape index (κ3) is 6.27. The van der Waals surface area contributed by atoms with Gasteiger partial charge in [-0.05, 0) is 13.3 Å². The van der Waals surface area contributed by atoms with Crippen molar-refractivity contribution < 1.29 is 14.6 Å². The summed E-state index contributed by atoms with van der Waals surface area (Å²) >= 11 is 0. The Kier molecular flexibility index (Phi) is 6.51. The van der Waals surface area contributed by atoms with Crippen LogP contribution in [0.15, 0.2) is 11.6 Å². The molecule has 0 bridgehead atoms. The number of carbonyl (C=O) groups excluding carboxylic acids is 1. The van der Waals surface area contributed by atoms with E-state index in [1.54, 1.807) is 6.92 Å². The minimum Gasteiger partial charge on any atom is -0.466 e. The molecule has 0 saturated carbocycles. The van der Waals surface area contributed by atoms with Crippen LogP contribution in [-0.2, 0) is 9.53 Å². The second kappa shape index (κ2) is 7.16. The molecule has 0 rings (SSSR count). The Morgan fingerprint density at radius 1 is 1.64 bits per heavy atom. The summed E-state index contributed by atoms with van der Waals surface area (Å²) in [7, 11) is 1.32. The van der Waals surface area contributed by atoms with Crippen LogP contribution in [0.4, 0.5) is 0 Å². The largest absolute Gasteiger partial charge is 0.466 e. The van der Waals surface area contributed by atoms with E-state index in [4.69, 9.17) is 5.11 Å². The highest BCUT2D eigenvalue weighted by Crippen LogP contribution is 2.03. The molecule has 0 radical (unpaired) electrons. The van der Waals surface area contributed by atoms with Crippen LogP contribution in [-0.4, -0.2) is 24.3 Å². The molecule has 0 aliphatic heterocycles. The van der Waals surface area contributed by atoms with E-state index in [1.165, 1.54) is 13.2 Å². The summed E-state index contributed by atoms with van der Waals surface area (Å²) in [6, 6.07) is 0. The predicted molar refractivity (Wildman–Crippen MR) is 54.5 cm³/mol. The number of rotatable bonds is 3. The maximum absolute atomic E-state index is 10.9. The van der Waals surface area contributed by atoms with Crippen LogP contribution in [0.2, 0.25) is 0 Å². The maximum Gasteiger partial charge on any atom is 0.331 e. The van der Waals surface area contributed by atoms with Gasteiger partial charge in [0.15, 0.2) is 0 Å². The summed E-state index contributed by atoms with van der Waals surface area (Å²) in [6.45, 7) is 3.57. The van der Waals surface area contributed by atoms with E-state index in [2.05, 4.69) is 16.6 Å². The molecule has 14 heavy (non-hydrogen) atoms. The van der Waals surface area contributed by atoms with Crippen LogP contribution in [0.1, 0.15) is 26.7 Å². The highest BCUT2D eigenvalue weighted by molar-refractivity contribution is 5.83. The normalized spacial score (nSPS) is 12.7. The number of hydrogen-bond donors (Lipinski definition) is 1. The summed E-state index contributed by atoms with van der Waals surface area (Å²) in [5, 5.41) is 8.94. The van der Waals surface area contributed by atoms with Crippen LogP contribution in [0.3, 0.4) is 0 Å². The lowest BCUT2D eigenvalue weighted by Gasteiger charge is -1.97. The van der Waals surface area contributed by atoms with Crippen LogP contribution in [0.25, 0.3) is 0 Å². The molecule has 78 valence electrons. The van der Waals surface area contributed by atoms with Gasteiger partial charge in [-0.2, -0.15) is 0 Å². The maximum atomic E-state index is 10.9. The molecule has 0 aromatic carbocycles. The SMILES string of the molecule is CCC/C(C#CC(C)O)=C\C(=O)OC. The van der Waals surface area contributed by atoms with Gasteiger partial charge in [0.25, 0.3) is 0 Å². The van der Waals surface area contributed by atoms with E-state index in [0.717, 1.165) is 12.8 Å². The van der Waals surface area contributed by atoms with E-state index >= 15 is 0 Å². The molecular formula is C11H16O3. The Balaban J connectivity index is 4.53. The first kappa shape index (κ1) is 12.7. The van der Waals surface area contributed by atoms with Gasteiger partial charge in [-0.1, -0.05) is 25.2 Å². The summed E-state index contributed by atoms with van der Waals surface area (Å²) < 4.78 is 4.49. The fourth-order valence-electron chi connectivity index (χ4n) is 0.838. The molecule has 0 aliphatic carbocycles. The Bertz CT molecular complexity index is 266. The van der Waals surface area contributed by atoms with Crippen molar-refractivity contribution in [1.29, 1.82) is 0 Å². The molecule has 0 spiro atoms. The van der Waals surface area contributed by atoms with E-state index in [9.17, 15) is 4.79 Å². The minimum absolute atomic E-state index is 0.409. The predicted octanol–water partition coefficient (Wildman–Crippen LogP) is 1.27. The Hall–Kier alpha value is -1.27. The van der Waals surface area contributed by atoms with Gasteiger partial charge in [0, 0.05) is 11.6 Å². The molecule has 0 fully saturated rings. The molecule has 3 nitrogen and oxygen atoms in total. The molecule has 3 heteroatoms. The summed E-state index contributed by atoms with van der Waals surface area (Å²) in [5.41, 5.74) is 0.695. The molecule has 0 heterocycles. The number of carbonyl (C=O) groups is 1. The summed E-state index contributed by atoms with van der Waals surface area (Å²) in [4.78, 5) is 10.9. The molecule has 0 aromatic heterocycles. The summed E-state index contributed by atoms with van der Waals surface area (Å²) in [6.07, 6.45) is 2.30. The van der Waals surface area contributed by atoms with E-state index in [0.29, 0.717) is 5.57 Å². The molecule has 0 amide bonds. The van der Waals surface area contributed by atoms with Gasteiger partial charge in [-0.25, -0.2) is 4.79 Å². The molecular weight excluding hydrogens is 180 g/mol. The number of ether oxygens (including phenoxy) is 1. The smallest absolute Gasteiger partial charge is 0.331 e. The lowest BCUT2D eigenvalue weighted by atomic mass is 10.1. The number of aliphatic hydroxyl groups excluding tert-OH is 1. The highest BCUT2D eigenvalue weighted by atomic mass is 16.5. The Morgan fingerprint density at radius 3 is 2.71 bits per heavy atom. The van der Waals surface area contributed by atoms with Gasteiger partial charge in [0.2, 0.25) is 0 Å². The third-order valence-electron chi connectivity index (χ3n) is 1.45. The molecule has 0 saturated heterocycles. The van der Waals surface area contributed by atoms with Crippen molar-refractivity contribution in [2.75, 3.05) is 7.11 Å². The molecule has 1 atom stereocenters. The van der Waals surface area contributed by atoms with Crippen molar-refractivity contribution in [2.45, 2.75) is 32.8 Å². The average molecular weight is 196 g/mol. The molecule has 0 aromatic rings. The van der Waals surface area contributed by atoms with Gasteiger partial charge < -0.3 is 9.84 Å². The van der Waals surface area contributed by atoms with Crippen molar-refractivity contribution >= 4 is 5.97 Å². The van der Waals surface area contributed by atoms with Crippen molar-refractivity contribution in [3.63, 3.8) is 0 Å². The van der Waals surface area contributed by atoms with Gasteiger partial charge in [0.1, 0.15) is 6.10 Å². The zero-order chi connectivity index (χ0) is 11.0. The van der Waals surface area contributed by atoms with Crippen LogP contribution in [0.5, 0.6) is 0 Å². The van der Waals surface area contributed by atoms with Crippen molar-refractivity contribution in [1.82, 2.24) is 0 Å². The Labute approximate surface area is 84.8 Å². The first-order valence-electron chi connectivity index (χ1n) is 4.58. The van der Waals surface area contributed by atoms with Crippen LogP contribution >= 0.6 is 0 Å². The second-order valence-corrected chi connectivity index (χ2v) is 2.89. The van der Waals surface area contributed by atoms with E-state index in [1.807, 2.05) is 6.92 Å². The second-order valence-electron chi connectivity index (χ2n) is 2.89. The van der Waals surface area contributed by atoms with E-state index in [-0.39, 0.29) is 0 Å². The quantitative estimate of drug-likeness (QED) is 0.420. The van der Waals surface area contributed by atoms with Crippen molar-refractivity contribution in [2.24, 2.45) is 0 Å². The van der Waals surface area contributed by atoms with Crippen molar-refractivity contribution in [3.8, 4) is 11.8 Å². The van der Waals surface area contributed by atoms with Crippen molar-refractivity contribution in [3.05, 3.63) is 11.6 Å². The third-order valence-corrected chi connectivity index (χ3v) is 1.45. The lowest BCUT2D eigenvalue weighted by molar-refractivity contribution is -0.134. The van der Waals surface area contributed by atoms with Gasteiger partial charge >= 0.3 is 5.97 Å². The van der Waals surface area contributed by atoms with Crippen LogP contribution in [0, 0.1) is 11.8 Å². The van der Waals surface area contributed by atoms with Gasteiger partial charge in [-0.15, -0.1) is 0 Å². The summed E-state index contributed by atoms with van der Waals surface area (Å²) in [5.74, 6) is 4.93. The topological polar surface area (TPSA) is 46.5 Å². The number of allylic oxidation sites excluding steroid dienone is 1. The molecule has 0 aliphatic rings. The fourth-order valence-corrected chi connectivity index (χ4v) is 0.838. The average Bonchev–Trinajstić information content (AvgIpc) is 2.14. The monoisotopic (exact) mass is 196 g/mol. The Morgan fingerprint density at radius 2 is 2.29 bits per heavy atom. The zero-order valence-corrected chi connectivity index (χ0v) is 8.83. The van der Waals surface area contributed by atoms with E-state index < -0.39 is 12.1 Å².